The van der Waals surface area contributed by atoms with Gasteiger partial charge < -0.3 is 0 Å². The van der Waals surface area contributed by atoms with Crippen LogP contribution in [0.2, 0.25) is 0 Å². The molecule has 0 fully saturated rings. The first kappa shape index (κ1) is 6.80. The van der Waals surface area contributed by atoms with E-state index >= 15 is 0 Å². The van der Waals surface area contributed by atoms with E-state index in [0.29, 0.717) is 0 Å². The average molecular weight is 239 g/mol. The predicted molar refractivity (Wildman–Crippen MR) is 33.5 cm³/mol. The van der Waals surface area contributed by atoms with Crippen LogP contribution in [0.3, 0.4) is 0 Å². The van der Waals surface area contributed by atoms with Crippen LogP contribution < -0.4 is 0 Å². The fraction of sp³-hybridized carbons (Fsp3) is 0.200. The van der Waals surface area contributed by atoms with Crippen molar-refractivity contribution < 1.29 is 14.0 Å². The molecule has 0 heterocycles. The number of allylic oxidation sites excluding steroid dienone is 4. The van der Waals surface area contributed by atoms with E-state index in [1.54, 1.807) is 0 Å². The van der Waals surface area contributed by atoms with Gasteiger partial charge in [0.1, 0.15) is 0 Å². The van der Waals surface area contributed by atoms with Crippen LogP contribution in [0, 0.1) is 0 Å². The van der Waals surface area contributed by atoms with Crippen molar-refractivity contribution in [3.8, 4) is 0 Å². The van der Waals surface area contributed by atoms with Crippen LogP contribution in [0.1, 0.15) is 6.42 Å². The minimum absolute atomic E-state index is 0.972. The normalized spacial score (nSPS) is 18.8. The number of rotatable bonds is 1. The molecule has 0 saturated heterocycles. The van der Waals surface area contributed by atoms with Gasteiger partial charge in [0.2, 0.25) is 0 Å². The van der Waals surface area contributed by atoms with E-state index in [1.807, 2.05) is 12.2 Å². The van der Waals surface area contributed by atoms with Crippen LogP contribution in [0.5, 0.6) is 0 Å². The van der Waals surface area contributed by atoms with Gasteiger partial charge in [-0.2, -0.15) is 0 Å². The summed E-state index contributed by atoms with van der Waals surface area (Å²) < 4.78 is 1.22. The Labute approximate surface area is 62.2 Å². The predicted octanol–water partition coefficient (Wildman–Crippen LogP) is 2.76. The second-order valence-electron chi connectivity index (χ2n) is 1.39. The van der Waals surface area contributed by atoms with Gasteiger partial charge in [-0.15, -0.1) is 0 Å². The van der Waals surface area contributed by atoms with E-state index in [2.05, 4.69) is 6.08 Å². The van der Waals surface area contributed by atoms with E-state index in [9.17, 15) is 0 Å². The SMILES string of the molecule is [Cl][Rh]([Cl])[C]1=CC=CC1. The Hall–Kier alpha value is 0.683. The quantitative estimate of drug-likeness (QED) is 0.617. The van der Waals surface area contributed by atoms with E-state index < -0.39 is 14.0 Å². The Morgan fingerprint density at radius 3 is 2.50 bits per heavy atom. The Kier molecular flexibility index (Phi) is 2.56. The first-order valence-electron chi connectivity index (χ1n) is 2.14. The molecule has 0 aromatic carbocycles. The summed E-state index contributed by atoms with van der Waals surface area (Å²) in [6, 6.07) is 0. The van der Waals surface area contributed by atoms with Gasteiger partial charge >= 0.3 is 62.2 Å². The molecular weight excluding hydrogens is 234 g/mol. The van der Waals surface area contributed by atoms with E-state index in [0.717, 1.165) is 6.42 Å². The average Bonchev–Trinajstić information content (AvgIpc) is 2.12. The first-order valence-corrected chi connectivity index (χ1v) is 7.18. The molecule has 0 nitrogen and oxygen atoms in total. The van der Waals surface area contributed by atoms with Crippen molar-refractivity contribution in [2.24, 2.45) is 0 Å². The van der Waals surface area contributed by atoms with Crippen molar-refractivity contribution in [3.63, 3.8) is 0 Å². The number of halogens is 2. The van der Waals surface area contributed by atoms with Gasteiger partial charge in [-0.1, -0.05) is 0 Å². The van der Waals surface area contributed by atoms with Gasteiger partial charge in [0.15, 0.2) is 0 Å². The Morgan fingerprint density at radius 1 is 1.50 bits per heavy atom. The molecule has 0 aliphatic heterocycles. The molecule has 1 aliphatic rings. The van der Waals surface area contributed by atoms with E-state index in [4.69, 9.17) is 19.4 Å². The van der Waals surface area contributed by atoms with E-state index in [1.165, 1.54) is 4.17 Å². The molecule has 1 aliphatic carbocycles. The number of hydrogen-bond acceptors (Lipinski definition) is 0. The Balaban J connectivity index is 2.51. The second kappa shape index (κ2) is 3.01. The first-order chi connectivity index (χ1) is 3.80. The summed E-state index contributed by atoms with van der Waals surface area (Å²) >= 11 is -1.41. The van der Waals surface area contributed by atoms with Crippen LogP contribution >= 0.6 is 19.4 Å². The van der Waals surface area contributed by atoms with Gasteiger partial charge in [-0.25, -0.2) is 0 Å². The fourth-order valence-corrected chi connectivity index (χ4v) is 2.42. The van der Waals surface area contributed by atoms with Crippen LogP contribution in [-0.2, 0) is 14.0 Å². The zero-order valence-electron chi connectivity index (χ0n) is 4.03. The van der Waals surface area contributed by atoms with Gasteiger partial charge in [-0.3, -0.25) is 0 Å². The topological polar surface area (TPSA) is 0 Å². The zero-order valence-corrected chi connectivity index (χ0v) is 7.18. The zero-order chi connectivity index (χ0) is 5.98. The van der Waals surface area contributed by atoms with Crippen molar-refractivity contribution in [1.29, 1.82) is 0 Å². The van der Waals surface area contributed by atoms with Crippen molar-refractivity contribution in [1.82, 2.24) is 0 Å². The van der Waals surface area contributed by atoms with Crippen molar-refractivity contribution in [3.05, 3.63) is 22.4 Å². The molecule has 48 valence electrons. The summed E-state index contributed by atoms with van der Waals surface area (Å²) in [5.41, 5.74) is 0. The fourth-order valence-electron chi connectivity index (χ4n) is 0.505. The maximum atomic E-state index is 5.67. The third kappa shape index (κ3) is 1.58. The molecule has 8 heavy (non-hydrogen) atoms. The monoisotopic (exact) mass is 238 g/mol. The van der Waals surface area contributed by atoms with Crippen molar-refractivity contribution in [2.45, 2.75) is 6.42 Å². The summed E-state index contributed by atoms with van der Waals surface area (Å²) in [4.78, 5) is 0. The van der Waals surface area contributed by atoms with Crippen LogP contribution in [0.25, 0.3) is 0 Å². The van der Waals surface area contributed by atoms with Crippen molar-refractivity contribution >= 4 is 19.4 Å². The third-order valence-electron chi connectivity index (χ3n) is 0.871. The molecule has 0 amide bonds. The summed E-state index contributed by atoms with van der Waals surface area (Å²) in [6.07, 6.45) is 7.04. The molecule has 0 bridgehead atoms. The summed E-state index contributed by atoms with van der Waals surface area (Å²) in [7, 11) is 11.3. The van der Waals surface area contributed by atoms with Crippen LogP contribution in [0.15, 0.2) is 22.4 Å². The number of hydrogen-bond donors (Lipinski definition) is 0. The molecule has 0 radical (unpaired) electrons. The van der Waals surface area contributed by atoms with Crippen LogP contribution in [-0.4, -0.2) is 0 Å². The van der Waals surface area contributed by atoms with Gasteiger partial charge in [0.25, 0.3) is 0 Å². The molecule has 1 rings (SSSR count). The Bertz CT molecular complexity index is 137. The molecule has 3 heteroatoms. The molecule has 0 N–H and O–H groups in total. The van der Waals surface area contributed by atoms with Gasteiger partial charge in [0.05, 0.1) is 0 Å². The molecule has 0 aromatic rings. The summed E-state index contributed by atoms with van der Waals surface area (Å²) in [6.45, 7) is 0. The molecule has 0 unspecified atom stereocenters. The third-order valence-corrected chi connectivity index (χ3v) is 4.19. The minimum atomic E-state index is -1.41. The maximum absolute atomic E-state index is 5.67. The second-order valence-corrected chi connectivity index (χ2v) is 7.04. The summed E-state index contributed by atoms with van der Waals surface area (Å²) in [5.74, 6) is 0. The van der Waals surface area contributed by atoms with E-state index in [-0.39, 0.29) is 0 Å². The molecule has 0 spiro atoms. The summed E-state index contributed by atoms with van der Waals surface area (Å²) in [5, 5.41) is 0. The molecular formula is C5H5Cl2Rh. The molecule has 0 atom stereocenters. The Morgan fingerprint density at radius 2 is 2.25 bits per heavy atom. The standard InChI is InChI=1S/C5H5.2ClH.Rh/c1-2-4-5-3-1;;;/h1-3H,4H2;2*1H;/q;;;+2/p-2. The molecule has 0 saturated carbocycles. The van der Waals surface area contributed by atoms with Crippen LogP contribution in [0.4, 0.5) is 0 Å². The van der Waals surface area contributed by atoms with Crippen molar-refractivity contribution in [2.75, 3.05) is 0 Å². The van der Waals surface area contributed by atoms with Gasteiger partial charge in [-0.05, 0) is 0 Å². The van der Waals surface area contributed by atoms with Gasteiger partial charge in [0, 0.05) is 0 Å². The molecule has 0 aromatic heterocycles.